The fraction of sp³-hybridized carbons (Fsp3) is 0.389. The second-order valence-corrected chi connectivity index (χ2v) is 6.50. The van der Waals surface area contributed by atoms with E-state index in [1.54, 1.807) is 29.3 Å². The van der Waals surface area contributed by atoms with Crippen molar-refractivity contribution in [3.63, 3.8) is 0 Å². The van der Waals surface area contributed by atoms with Gasteiger partial charge in [-0.1, -0.05) is 6.92 Å². The van der Waals surface area contributed by atoms with Crippen LogP contribution >= 0.6 is 24.8 Å². The molecule has 3 aromatic heterocycles. The Labute approximate surface area is 170 Å². The lowest BCUT2D eigenvalue weighted by Gasteiger charge is -2.12. The normalized spacial score (nSPS) is 11.7. The lowest BCUT2D eigenvalue weighted by atomic mass is 10.1. The van der Waals surface area contributed by atoms with Gasteiger partial charge in [0.1, 0.15) is 5.69 Å². The molecule has 0 spiro atoms. The average Bonchev–Trinajstić information content (AvgIpc) is 3.27. The van der Waals surface area contributed by atoms with Crippen LogP contribution in [0.25, 0.3) is 22.5 Å². The van der Waals surface area contributed by atoms with E-state index in [1.165, 1.54) is 0 Å². The molecule has 3 aromatic rings. The smallest absolute Gasteiger partial charge is 0.252 e. The molecule has 0 aliphatic rings. The van der Waals surface area contributed by atoms with E-state index in [9.17, 15) is 4.79 Å². The molecule has 3 rings (SSSR count). The Morgan fingerprint density at radius 1 is 1.33 bits per heavy atom. The van der Waals surface area contributed by atoms with E-state index in [0.29, 0.717) is 35.8 Å². The van der Waals surface area contributed by atoms with Crippen LogP contribution in [0.3, 0.4) is 0 Å². The van der Waals surface area contributed by atoms with Gasteiger partial charge in [-0.3, -0.25) is 4.79 Å². The van der Waals surface area contributed by atoms with Gasteiger partial charge in [0, 0.05) is 12.6 Å². The minimum atomic E-state index is -0.163. The van der Waals surface area contributed by atoms with Crippen molar-refractivity contribution in [3.05, 3.63) is 36.2 Å². The van der Waals surface area contributed by atoms with Crippen molar-refractivity contribution in [2.24, 2.45) is 11.7 Å². The maximum absolute atomic E-state index is 12.7. The lowest BCUT2D eigenvalue weighted by Crippen LogP contribution is -2.31. The monoisotopic (exact) mass is 413 g/mol. The summed E-state index contributed by atoms with van der Waals surface area (Å²) in [5.74, 6) is 0.663. The molecule has 9 heteroatoms. The number of pyridine rings is 1. The SMILES string of the molecule is CC(CN)CNC(=O)c1cc(-c2ccco2)nc2c1cnn2C(C)C.Cl.Cl. The van der Waals surface area contributed by atoms with Crippen LogP contribution in [0.15, 0.2) is 35.1 Å². The number of carbonyl (C=O) groups is 1. The van der Waals surface area contributed by atoms with Crippen LogP contribution in [-0.2, 0) is 0 Å². The average molecular weight is 414 g/mol. The quantitative estimate of drug-likeness (QED) is 0.644. The van der Waals surface area contributed by atoms with Gasteiger partial charge >= 0.3 is 0 Å². The standard InChI is InChI=1S/C18H23N5O2.2ClH/c1-11(2)23-17-14(10-21-23)13(18(24)20-9-12(3)8-19)7-15(22-17)16-5-4-6-25-16;;/h4-7,10-12H,8-9,19H2,1-3H3,(H,20,24);2*1H. The molecule has 0 aliphatic heterocycles. The molecule has 1 unspecified atom stereocenters. The molecule has 27 heavy (non-hydrogen) atoms. The predicted molar refractivity (Wildman–Crippen MR) is 111 cm³/mol. The maximum Gasteiger partial charge on any atom is 0.252 e. The summed E-state index contributed by atoms with van der Waals surface area (Å²) in [6.45, 7) is 7.09. The molecular formula is C18H25Cl2N5O2. The van der Waals surface area contributed by atoms with E-state index >= 15 is 0 Å². The topological polar surface area (TPSA) is 99.0 Å². The van der Waals surface area contributed by atoms with Crippen molar-refractivity contribution in [3.8, 4) is 11.5 Å². The fourth-order valence-electron chi connectivity index (χ4n) is 2.58. The molecule has 0 aromatic carbocycles. The van der Waals surface area contributed by atoms with E-state index in [2.05, 4.69) is 15.4 Å². The zero-order valence-electron chi connectivity index (χ0n) is 15.5. The Morgan fingerprint density at radius 2 is 2.07 bits per heavy atom. The first-order valence-corrected chi connectivity index (χ1v) is 8.41. The number of rotatable bonds is 6. The molecule has 3 heterocycles. The van der Waals surface area contributed by atoms with E-state index in [4.69, 9.17) is 10.2 Å². The number of nitrogens with zero attached hydrogens (tertiary/aromatic N) is 3. The molecule has 0 fully saturated rings. The number of nitrogens with one attached hydrogen (secondary N) is 1. The van der Waals surface area contributed by atoms with Gasteiger partial charge in [-0.2, -0.15) is 5.10 Å². The molecule has 7 nitrogen and oxygen atoms in total. The zero-order valence-corrected chi connectivity index (χ0v) is 17.1. The van der Waals surface area contributed by atoms with E-state index in [0.717, 1.165) is 5.39 Å². The summed E-state index contributed by atoms with van der Waals surface area (Å²) in [6, 6.07) is 5.49. The molecular weight excluding hydrogens is 389 g/mol. The molecule has 148 valence electrons. The summed E-state index contributed by atoms with van der Waals surface area (Å²) in [6.07, 6.45) is 3.28. The highest BCUT2D eigenvalue weighted by Gasteiger charge is 2.19. The zero-order chi connectivity index (χ0) is 18.0. The van der Waals surface area contributed by atoms with Gasteiger partial charge in [0.15, 0.2) is 11.4 Å². The largest absolute Gasteiger partial charge is 0.463 e. The lowest BCUT2D eigenvalue weighted by molar-refractivity contribution is 0.0950. The summed E-state index contributed by atoms with van der Waals surface area (Å²) in [4.78, 5) is 17.4. The Morgan fingerprint density at radius 3 is 2.67 bits per heavy atom. The molecule has 1 amide bonds. The van der Waals surface area contributed by atoms with Gasteiger partial charge in [-0.25, -0.2) is 9.67 Å². The highest BCUT2D eigenvalue weighted by Crippen LogP contribution is 2.26. The third-order valence-corrected chi connectivity index (χ3v) is 4.09. The number of carbonyl (C=O) groups excluding carboxylic acids is 1. The predicted octanol–water partition coefficient (Wildman–Crippen LogP) is 3.44. The summed E-state index contributed by atoms with van der Waals surface area (Å²) in [7, 11) is 0. The Kier molecular flexibility index (Phi) is 8.27. The molecule has 0 bridgehead atoms. The fourth-order valence-corrected chi connectivity index (χ4v) is 2.58. The van der Waals surface area contributed by atoms with Crippen LogP contribution in [0.5, 0.6) is 0 Å². The van der Waals surface area contributed by atoms with Crippen LogP contribution in [0.2, 0.25) is 0 Å². The Hall–Kier alpha value is -2.09. The van der Waals surface area contributed by atoms with Crippen LogP contribution in [0, 0.1) is 5.92 Å². The Bertz CT molecular complexity index is 877. The van der Waals surface area contributed by atoms with E-state index in [-0.39, 0.29) is 42.7 Å². The van der Waals surface area contributed by atoms with E-state index < -0.39 is 0 Å². The van der Waals surface area contributed by atoms with Crippen molar-refractivity contribution >= 4 is 41.8 Å². The summed E-state index contributed by atoms with van der Waals surface area (Å²) in [5.41, 5.74) is 7.44. The summed E-state index contributed by atoms with van der Waals surface area (Å²) >= 11 is 0. The molecule has 0 saturated heterocycles. The second kappa shape index (κ2) is 9.73. The number of fused-ring (bicyclic) bond motifs is 1. The number of aromatic nitrogens is 3. The van der Waals surface area contributed by atoms with Crippen molar-refractivity contribution in [2.45, 2.75) is 26.8 Å². The highest BCUT2D eigenvalue weighted by molar-refractivity contribution is 6.06. The third kappa shape index (κ3) is 4.80. The third-order valence-electron chi connectivity index (χ3n) is 4.09. The minimum Gasteiger partial charge on any atom is -0.463 e. The number of furan rings is 1. The first kappa shape index (κ1) is 23.0. The first-order valence-electron chi connectivity index (χ1n) is 8.41. The number of halogens is 2. The van der Waals surface area contributed by atoms with Crippen molar-refractivity contribution in [1.29, 1.82) is 0 Å². The molecule has 0 saturated carbocycles. The van der Waals surface area contributed by atoms with Crippen LogP contribution in [-0.4, -0.2) is 33.8 Å². The van der Waals surface area contributed by atoms with Gasteiger partial charge in [0.05, 0.1) is 23.4 Å². The molecule has 3 N–H and O–H groups in total. The van der Waals surface area contributed by atoms with Gasteiger partial charge in [0.25, 0.3) is 5.91 Å². The summed E-state index contributed by atoms with van der Waals surface area (Å²) < 4.78 is 7.26. The molecule has 0 radical (unpaired) electrons. The van der Waals surface area contributed by atoms with Gasteiger partial charge in [-0.15, -0.1) is 24.8 Å². The van der Waals surface area contributed by atoms with Gasteiger partial charge in [-0.05, 0) is 44.5 Å². The van der Waals surface area contributed by atoms with Gasteiger partial charge < -0.3 is 15.5 Å². The van der Waals surface area contributed by atoms with Crippen LogP contribution < -0.4 is 11.1 Å². The maximum atomic E-state index is 12.7. The van der Waals surface area contributed by atoms with Gasteiger partial charge in [0.2, 0.25) is 0 Å². The van der Waals surface area contributed by atoms with Crippen molar-refractivity contribution in [1.82, 2.24) is 20.1 Å². The molecule has 0 aliphatic carbocycles. The van der Waals surface area contributed by atoms with Crippen molar-refractivity contribution < 1.29 is 9.21 Å². The first-order chi connectivity index (χ1) is 12.0. The summed E-state index contributed by atoms with van der Waals surface area (Å²) in [5, 5.41) is 8.06. The number of nitrogens with two attached hydrogens (primary N) is 1. The minimum absolute atomic E-state index is 0. The van der Waals surface area contributed by atoms with Crippen molar-refractivity contribution in [2.75, 3.05) is 13.1 Å². The highest BCUT2D eigenvalue weighted by atomic mass is 35.5. The van der Waals surface area contributed by atoms with Crippen LogP contribution in [0.1, 0.15) is 37.2 Å². The molecule has 1 atom stereocenters. The Balaban J connectivity index is 0.00000182. The number of amides is 1. The number of hydrogen-bond acceptors (Lipinski definition) is 5. The number of hydrogen-bond donors (Lipinski definition) is 2. The van der Waals surface area contributed by atoms with E-state index in [1.807, 2.05) is 26.8 Å². The van der Waals surface area contributed by atoms with Crippen LogP contribution in [0.4, 0.5) is 0 Å². The second-order valence-electron chi connectivity index (χ2n) is 6.50.